The van der Waals surface area contributed by atoms with Crippen LogP contribution in [0.5, 0.6) is 0 Å². The number of hydrogen-bond donors (Lipinski definition) is 5. The number of carbonyl (C=O) groups is 1. The number of hydrogen-bond acceptors (Lipinski definition) is 16. The summed E-state index contributed by atoms with van der Waals surface area (Å²) in [5.74, 6) is -0.963. The molecule has 0 bridgehead atoms. The van der Waals surface area contributed by atoms with Crippen molar-refractivity contribution in [1.82, 2.24) is 5.32 Å². The van der Waals surface area contributed by atoms with Crippen LogP contribution in [0.1, 0.15) is 63.8 Å². The summed E-state index contributed by atoms with van der Waals surface area (Å²) in [7, 11) is 0. The highest BCUT2D eigenvalue weighted by Crippen LogP contribution is 2.41. The molecule has 1 saturated carbocycles. The van der Waals surface area contributed by atoms with Gasteiger partial charge >= 0.3 is 0 Å². The van der Waals surface area contributed by atoms with Gasteiger partial charge in [-0.3, -0.25) is 4.79 Å². The molecular formula is C79H93N5O12. The third-order valence-electron chi connectivity index (χ3n) is 18.1. The van der Waals surface area contributed by atoms with Crippen molar-refractivity contribution in [2.24, 2.45) is 28.9 Å². The quantitative estimate of drug-likeness (QED) is 0.0252. The molecule has 17 heteroatoms. The average Bonchev–Trinajstić information content (AvgIpc) is 0.799. The van der Waals surface area contributed by atoms with Crippen LogP contribution in [0.15, 0.2) is 243 Å². The van der Waals surface area contributed by atoms with Crippen molar-refractivity contribution in [1.29, 1.82) is 0 Å². The van der Waals surface area contributed by atoms with Gasteiger partial charge in [-0.2, -0.15) is 0 Å². The van der Waals surface area contributed by atoms with E-state index in [0.717, 1.165) is 44.5 Å². The van der Waals surface area contributed by atoms with Crippen molar-refractivity contribution in [2.75, 3.05) is 19.7 Å². The minimum Gasteiger partial charge on any atom is -0.374 e. The van der Waals surface area contributed by atoms with E-state index in [1.165, 1.54) is 0 Å². The first-order chi connectivity index (χ1) is 47.3. The molecule has 1 amide bonds. The summed E-state index contributed by atoms with van der Waals surface area (Å²) in [5, 5.41) is 3.40. The smallest absolute Gasteiger partial charge is 0.249 e. The molecule has 0 spiro atoms. The number of rotatable bonds is 34. The van der Waals surface area contributed by atoms with E-state index < -0.39 is 103 Å². The van der Waals surface area contributed by atoms with Crippen molar-refractivity contribution in [3.63, 3.8) is 0 Å². The summed E-state index contributed by atoms with van der Waals surface area (Å²) >= 11 is 0. The van der Waals surface area contributed by atoms with Gasteiger partial charge in [-0.1, -0.05) is 243 Å². The van der Waals surface area contributed by atoms with Crippen LogP contribution in [0.2, 0.25) is 0 Å². The molecular weight excluding hydrogens is 1210 g/mol. The molecule has 16 atom stereocenters. The van der Waals surface area contributed by atoms with Crippen molar-refractivity contribution in [3.05, 3.63) is 287 Å². The Morgan fingerprint density at radius 2 is 0.792 bits per heavy atom. The average molecular weight is 1300 g/mol. The van der Waals surface area contributed by atoms with Gasteiger partial charge in [-0.25, -0.2) is 0 Å². The lowest BCUT2D eigenvalue weighted by molar-refractivity contribution is -0.322. The van der Waals surface area contributed by atoms with Crippen molar-refractivity contribution in [2.45, 2.75) is 164 Å². The molecule has 0 radical (unpaired) electrons. The number of amides is 1. The Bertz CT molecular complexity index is 3450. The normalized spacial score (nSPS) is 26.2. The van der Waals surface area contributed by atoms with Gasteiger partial charge in [-0.05, 0) is 70.3 Å². The maximum absolute atomic E-state index is 15.2. The molecule has 2 aliphatic heterocycles. The fraction of sp³-hybridized carbons (Fsp3) is 0.380. The standard InChI is InChI=1S/C79H93N5O12/c80-42-41-66(87-47-56-27-11-2-12-28-56)78(85)84-65-44-64(82)63(43-67-74(90-50-59-33-17-5-18-34-59)77(93-53-62-39-23-8-24-40-62)75(68(45-81)94-67)91-51-60-35-19-6-20-36-60)71(88-48-57-29-13-3-14-30-57)72(65)96-79-76(92-52-61-37-21-7-22-38-61)70(83)73(89-49-58-31-15-4-16-32-58)69(95-79)54-86-46-55-25-9-1-10-26-55/h1-40,63-77,79H,41-54,80-83H2,(H,84,85)/t63-,64+,65-,66+,67-,68-,69-,70+,71+,72+,73-,74+,75-,76-,77-,79-/m1/s1. The minimum absolute atomic E-state index is 0.0777. The molecule has 1 aliphatic carbocycles. The SMILES string of the molecule is NCC[C@H](OCc1ccccc1)C(=O)N[C@@H]1C[C@H](N)[C@@H](C[C@H]2O[C@H](CN)[C@@H](OCc3ccccc3)[C@H](OCc3ccccc3)[C@H]2OCc2ccccc2)[C@H](OCc2ccccc2)[C@H]1O[C@H]1O[C@H](COCc2ccccc2)[C@@H](OCc2ccccc2)[C@H](N)[C@H]1OCc1ccccc1. The van der Waals surface area contributed by atoms with Gasteiger partial charge in [0, 0.05) is 18.5 Å². The van der Waals surface area contributed by atoms with Crippen molar-refractivity contribution in [3.8, 4) is 0 Å². The maximum atomic E-state index is 15.2. The van der Waals surface area contributed by atoms with E-state index in [1.54, 1.807) is 0 Å². The van der Waals surface area contributed by atoms with E-state index in [0.29, 0.717) is 6.61 Å². The molecule has 8 aromatic rings. The van der Waals surface area contributed by atoms with Gasteiger partial charge in [0.2, 0.25) is 5.91 Å². The zero-order chi connectivity index (χ0) is 66.1. The van der Waals surface area contributed by atoms with E-state index >= 15 is 4.79 Å². The predicted octanol–water partition coefficient (Wildman–Crippen LogP) is 10.0. The summed E-state index contributed by atoms with van der Waals surface area (Å²) in [6, 6.07) is 77.1. The molecule has 506 valence electrons. The number of benzene rings is 8. The second-order valence-electron chi connectivity index (χ2n) is 25.0. The topological polar surface area (TPSA) is 235 Å². The number of carbonyl (C=O) groups excluding carboxylic acids is 1. The highest BCUT2D eigenvalue weighted by Gasteiger charge is 2.55. The molecule has 2 heterocycles. The van der Waals surface area contributed by atoms with Crippen LogP contribution in [-0.2, 0) is 110 Å². The first-order valence-electron chi connectivity index (χ1n) is 33.6. The number of nitrogens with two attached hydrogens (primary N) is 4. The van der Waals surface area contributed by atoms with Crippen LogP contribution < -0.4 is 28.3 Å². The molecule has 8 aromatic carbocycles. The Kier molecular flexibility index (Phi) is 26.8. The molecule has 96 heavy (non-hydrogen) atoms. The molecule has 9 N–H and O–H groups in total. The molecule has 3 aliphatic rings. The van der Waals surface area contributed by atoms with Gasteiger partial charge < -0.3 is 80.4 Å². The third kappa shape index (κ3) is 19.9. The molecule has 11 rings (SSSR count). The van der Waals surface area contributed by atoms with Crippen LogP contribution in [0.3, 0.4) is 0 Å². The lowest BCUT2D eigenvalue weighted by atomic mass is 9.73. The van der Waals surface area contributed by atoms with E-state index in [-0.39, 0.29) is 85.2 Å². The highest BCUT2D eigenvalue weighted by atomic mass is 16.7. The van der Waals surface area contributed by atoms with Crippen LogP contribution in [-0.4, -0.2) is 117 Å². The Morgan fingerprint density at radius 1 is 0.417 bits per heavy atom. The summed E-state index contributed by atoms with van der Waals surface area (Å²) < 4.78 is 77.9. The largest absolute Gasteiger partial charge is 0.374 e. The van der Waals surface area contributed by atoms with Crippen LogP contribution in [0.4, 0.5) is 0 Å². The fourth-order valence-corrected chi connectivity index (χ4v) is 13.1. The Hall–Kier alpha value is -7.37. The third-order valence-corrected chi connectivity index (χ3v) is 18.1. The summed E-state index contributed by atoms with van der Waals surface area (Å²) in [6.07, 6.45) is -9.40. The Morgan fingerprint density at radius 3 is 1.22 bits per heavy atom. The second-order valence-corrected chi connectivity index (χ2v) is 25.0. The zero-order valence-corrected chi connectivity index (χ0v) is 54.4. The Balaban J connectivity index is 0.991. The number of nitrogens with one attached hydrogen (secondary N) is 1. The summed E-state index contributed by atoms with van der Waals surface area (Å²) in [4.78, 5) is 15.2. The zero-order valence-electron chi connectivity index (χ0n) is 54.4. The van der Waals surface area contributed by atoms with Gasteiger partial charge in [0.15, 0.2) is 6.29 Å². The molecule has 17 nitrogen and oxygen atoms in total. The van der Waals surface area contributed by atoms with Crippen molar-refractivity contribution >= 4 is 5.91 Å². The first kappa shape index (κ1) is 70.0. The summed E-state index contributed by atoms with van der Waals surface area (Å²) in [5.41, 5.74) is 36.0. The van der Waals surface area contributed by atoms with Crippen LogP contribution in [0, 0.1) is 5.92 Å². The van der Waals surface area contributed by atoms with Crippen LogP contribution in [0.25, 0.3) is 0 Å². The maximum Gasteiger partial charge on any atom is 0.249 e. The fourth-order valence-electron chi connectivity index (χ4n) is 13.1. The van der Waals surface area contributed by atoms with Gasteiger partial charge in [0.25, 0.3) is 0 Å². The minimum atomic E-state index is -1.21. The van der Waals surface area contributed by atoms with Crippen LogP contribution >= 0.6 is 0 Å². The second kappa shape index (κ2) is 36.8. The molecule has 0 unspecified atom stereocenters. The Labute approximate surface area is 564 Å². The lowest BCUT2D eigenvalue weighted by Gasteiger charge is -2.52. The summed E-state index contributed by atoms with van der Waals surface area (Å²) in [6.45, 7) is 2.12. The lowest BCUT2D eigenvalue weighted by Crippen LogP contribution is -2.68. The monoisotopic (exact) mass is 1300 g/mol. The van der Waals surface area contributed by atoms with Gasteiger partial charge in [0.1, 0.15) is 48.8 Å². The van der Waals surface area contributed by atoms with E-state index in [9.17, 15) is 0 Å². The van der Waals surface area contributed by atoms with E-state index in [4.69, 9.17) is 75.0 Å². The predicted molar refractivity (Wildman–Crippen MR) is 367 cm³/mol. The van der Waals surface area contributed by atoms with Gasteiger partial charge in [-0.15, -0.1) is 0 Å². The first-order valence-corrected chi connectivity index (χ1v) is 33.6. The van der Waals surface area contributed by atoms with E-state index in [2.05, 4.69) is 5.32 Å². The molecule has 3 fully saturated rings. The van der Waals surface area contributed by atoms with E-state index in [1.807, 2.05) is 243 Å². The molecule has 0 aromatic heterocycles. The van der Waals surface area contributed by atoms with Crippen molar-refractivity contribution < 1.29 is 56.9 Å². The molecule has 2 saturated heterocycles. The van der Waals surface area contributed by atoms with Gasteiger partial charge in [0.05, 0.1) is 89.9 Å². The number of ether oxygens (including phenoxy) is 11. The highest BCUT2D eigenvalue weighted by molar-refractivity contribution is 5.81.